The summed E-state index contributed by atoms with van der Waals surface area (Å²) in [4.78, 5) is 7.10. The summed E-state index contributed by atoms with van der Waals surface area (Å²) < 4.78 is 0. The van der Waals surface area contributed by atoms with E-state index in [4.69, 9.17) is 0 Å². The highest BCUT2D eigenvalue weighted by Crippen LogP contribution is 2.31. The summed E-state index contributed by atoms with van der Waals surface area (Å²) in [5.74, 6) is 0. The van der Waals surface area contributed by atoms with Gasteiger partial charge in [-0.1, -0.05) is 24.6 Å². The first-order valence-electron chi connectivity index (χ1n) is 3.12. The summed E-state index contributed by atoms with van der Waals surface area (Å²) in [6, 6.07) is 0. The molecule has 0 aliphatic carbocycles. The summed E-state index contributed by atoms with van der Waals surface area (Å²) in [6.45, 7) is 4.33. The van der Waals surface area contributed by atoms with Gasteiger partial charge in [-0.15, -0.1) is 0 Å². The van der Waals surface area contributed by atoms with Gasteiger partial charge in [0.25, 0.3) is 0 Å². The monoisotopic (exact) mass is 174 g/mol. The van der Waals surface area contributed by atoms with Crippen LogP contribution in [0.25, 0.3) is 0 Å². The molecule has 0 aromatic carbocycles. The second-order valence-electron chi connectivity index (χ2n) is 2.12. The van der Waals surface area contributed by atoms with E-state index in [9.17, 15) is 0 Å². The van der Waals surface area contributed by atoms with Gasteiger partial charge in [-0.2, -0.15) is 0 Å². The first-order valence-corrected chi connectivity index (χ1v) is 5.33. The lowest BCUT2D eigenvalue weighted by Gasteiger charge is -1.98. The molecule has 0 amide bonds. The molecule has 1 aromatic heterocycles. The van der Waals surface area contributed by atoms with Crippen molar-refractivity contribution >= 4 is 21.6 Å². The summed E-state index contributed by atoms with van der Waals surface area (Å²) in [5, 5.41) is 1.63. The van der Waals surface area contributed by atoms with Gasteiger partial charge in [-0.3, -0.25) is 0 Å². The van der Waals surface area contributed by atoms with Gasteiger partial charge in [0.1, 0.15) is 0 Å². The van der Waals surface area contributed by atoms with Crippen LogP contribution in [0.3, 0.4) is 0 Å². The summed E-state index contributed by atoms with van der Waals surface area (Å²) in [5.41, 5.74) is 0. The molecule has 0 spiro atoms. The van der Waals surface area contributed by atoms with Crippen molar-refractivity contribution in [1.82, 2.24) is 9.97 Å². The molecule has 0 unspecified atom stereocenters. The van der Waals surface area contributed by atoms with Gasteiger partial charge in [0.2, 0.25) is 0 Å². The van der Waals surface area contributed by atoms with E-state index >= 15 is 0 Å². The van der Waals surface area contributed by atoms with E-state index in [2.05, 4.69) is 23.8 Å². The molecule has 0 saturated carbocycles. The van der Waals surface area contributed by atoms with Crippen molar-refractivity contribution in [1.29, 1.82) is 0 Å². The molecule has 10 heavy (non-hydrogen) atoms. The minimum atomic E-state index is 0.648. The maximum atomic E-state index is 4.07. The molecule has 4 heteroatoms. The summed E-state index contributed by atoms with van der Waals surface area (Å²) in [6.07, 6.45) is 3.60. The first kappa shape index (κ1) is 8.01. The highest BCUT2D eigenvalue weighted by atomic mass is 33.1. The third-order valence-corrected chi connectivity index (χ3v) is 3.57. The summed E-state index contributed by atoms with van der Waals surface area (Å²) in [7, 11) is 3.50. The number of aromatic nitrogens is 2. The van der Waals surface area contributed by atoms with Gasteiger partial charge < -0.3 is 4.98 Å². The zero-order chi connectivity index (χ0) is 7.40. The van der Waals surface area contributed by atoms with Crippen molar-refractivity contribution in [3.63, 3.8) is 0 Å². The van der Waals surface area contributed by atoms with E-state index in [0.29, 0.717) is 5.25 Å². The average molecular weight is 174 g/mol. The molecule has 1 aromatic rings. The Morgan fingerprint density at radius 3 is 2.90 bits per heavy atom. The topological polar surface area (TPSA) is 28.7 Å². The minimum Gasteiger partial charge on any atom is -0.339 e. The SMILES string of the molecule is CC(C)SSc1ncc[nH]1. The van der Waals surface area contributed by atoms with Crippen molar-refractivity contribution in [2.45, 2.75) is 24.3 Å². The third-order valence-electron chi connectivity index (χ3n) is 0.793. The molecule has 0 aliphatic rings. The molecule has 1 heterocycles. The Morgan fingerprint density at radius 1 is 1.60 bits per heavy atom. The fourth-order valence-electron chi connectivity index (χ4n) is 0.438. The van der Waals surface area contributed by atoms with Crippen LogP contribution < -0.4 is 0 Å². The van der Waals surface area contributed by atoms with Crippen molar-refractivity contribution in [2.75, 3.05) is 0 Å². The Hall–Kier alpha value is -0.0900. The smallest absolute Gasteiger partial charge is 0.176 e. The van der Waals surface area contributed by atoms with Gasteiger partial charge in [0.05, 0.1) is 0 Å². The molecular formula is C6H10N2S2. The number of nitrogens with zero attached hydrogens (tertiary/aromatic N) is 1. The molecule has 0 atom stereocenters. The lowest BCUT2D eigenvalue weighted by molar-refractivity contribution is 1.07. The molecule has 0 radical (unpaired) electrons. The standard InChI is InChI=1S/C6H10N2S2/c1-5(2)9-10-6-7-3-4-8-6/h3-5H,1-2H3,(H,7,8). The Balaban J connectivity index is 2.28. The molecule has 0 aliphatic heterocycles. The minimum absolute atomic E-state index is 0.648. The Morgan fingerprint density at radius 2 is 2.40 bits per heavy atom. The maximum Gasteiger partial charge on any atom is 0.176 e. The number of rotatable bonds is 3. The van der Waals surface area contributed by atoms with E-state index in [1.54, 1.807) is 17.0 Å². The van der Waals surface area contributed by atoms with Gasteiger partial charge in [0, 0.05) is 17.6 Å². The average Bonchev–Trinajstić information content (AvgIpc) is 2.34. The van der Waals surface area contributed by atoms with Crippen LogP contribution in [-0.2, 0) is 0 Å². The Bertz CT molecular complexity index is 172. The largest absolute Gasteiger partial charge is 0.339 e. The van der Waals surface area contributed by atoms with Crippen molar-refractivity contribution < 1.29 is 0 Å². The Kier molecular flexibility index (Phi) is 3.15. The van der Waals surface area contributed by atoms with Crippen molar-refractivity contribution in [3.05, 3.63) is 12.4 Å². The van der Waals surface area contributed by atoms with Crippen LogP contribution in [0, 0.1) is 0 Å². The van der Waals surface area contributed by atoms with Gasteiger partial charge in [-0.25, -0.2) is 4.98 Å². The van der Waals surface area contributed by atoms with E-state index < -0.39 is 0 Å². The third kappa shape index (κ3) is 2.66. The van der Waals surface area contributed by atoms with Crippen LogP contribution in [0.15, 0.2) is 17.6 Å². The van der Waals surface area contributed by atoms with Crippen LogP contribution in [0.4, 0.5) is 0 Å². The lowest BCUT2D eigenvalue weighted by atomic mass is 10.6. The number of nitrogens with one attached hydrogen (secondary N) is 1. The molecule has 0 saturated heterocycles. The summed E-state index contributed by atoms with van der Waals surface area (Å²) >= 11 is 0. The molecule has 56 valence electrons. The predicted octanol–water partition coefficient (Wildman–Crippen LogP) is 2.56. The Labute approximate surface area is 68.6 Å². The molecule has 0 bridgehead atoms. The number of H-pyrrole nitrogens is 1. The van der Waals surface area contributed by atoms with Gasteiger partial charge in [-0.05, 0) is 10.8 Å². The second-order valence-corrected chi connectivity index (χ2v) is 4.89. The van der Waals surface area contributed by atoms with Crippen molar-refractivity contribution in [3.8, 4) is 0 Å². The molecule has 1 N–H and O–H groups in total. The molecule has 1 rings (SSSR count). The van der Waals surface area contributed by atoms with Gasteiger partial charge in [0.15, 0.2) is 5.16 Å². The maximum absolute atomic E-state index is 4.07. The fraction of sp³-hybridized carbons (Fsp3) is 0.500. The van der Waals surface area contributed by atoms with E-state index in [-0.39, 0.29) is 0 Å². The number of hydrogen-bond donors (Lipinski definition) is 1. The highest BCUT2D eigenvalue weighted by molar-refractivity contribution is 8.76. The van der Waals surface area contributed by atoms with Crippen molar-refractivity contribution in [2.24, 2.45) is 0 Å². The van der Waals surface area contributed by atoms with E-state index in [1.165, 1.54) is 0 Å². The molecule has 0 fully saturated rings. The fourth-order valence-corrected chi connectivity index (χ4v) is 2.07. The number of imidazole rings is 1. The van der Waals surface area contributed by atoms with E-state index in [0.717, 1.165) is 5.16 Å². The van der Waals surface area contributed by atoms with Crippen LogP contribution in [-0.4, -0.2) is 15.2 Å². The zero-order valence-electron chi connectivity index (χ0n) is 6.00. The predicted molar refractivity (Wildman–Crippen MR) is 47.2 cm³/mol. The molecule has 2 nitrogen and oxygen atoms in total. The van der Waals surface area contributed by atoms with E-state index in [1.807, 2.05) is 17.0 Å². The first-order chi connectivity index (χ1) is 4.79. The zero-order valence-corrected chi connectivity index (χ0v) is 7.63. The quantitative estimate of drug-likeness (QED) is 0.714. The lowest BCUT2D eigenvalue weighted by Crippen LogP contribution is -1.81. The van der Waals surface area contributed by atoms with Crippen LogP contribution in [0.5, 0.6) is 0 Å². The number of aromatic amines is 1. The van der Waals surface area contributed by atoms with Gasteiger partial charge >= 0.3 is 0 Å². The number of hydrogen-bond acceptors (Lipinski definition) is 3. The van der Waals surface area contributed by atoms with Crippen LogP contribution in [0.1, 0.15) is 13.8 Å². The van der Waals surface area contributed by atoms with Crippen LogP contribution in [0.2, 0.25) is 0 Å². The van der Waals surface area contributed by atoms with Crippen LogP contribution >= 0.6 is 21.6 Å². The normalized spacial score (nSPS) is 10.7. The molecular weight excluding hydrogens is 164 g/mol. The second kappa shape index (κ2) is 3.93. The highest BCUT2D eigenvalue weighted by Gasteiger charge is 1.98.